The quantitative estimate of drug-likeness (QED) is 0.333. The van der Waals surface area contributed by atoms with Gasteiger partial charge in [0.15, 0.2) is 0 Å². The predicted molar refractivity (Wildman–Crippen MR) is 106 cm³/mol. The molecule has 0 aromatic carbocycles. The average Bonchev–Trinajstić information content (AvgIpc) is 3.06. The molecule has 0 bridgehead atoms. The largest absolute Gasteiger partial charge is 0.455 e. The van der Waals surface area contributed by atoms with Gasteiger partial charge >= 0.3 is 23.9 Å². The first-order chi connectivity index (χ1) is 15.5. The Balaban J connectivity index is 1.94. The molecule has 3 aromatic rings. The maximum absolute atomic E-state index is 14.9. The van der Waals surface area contributed by atoms with Crippen LogP contribution in [0.4, 0.5) is 36.8 Å². The highest BCUT2D eigenvalue weighted by Crippen LogP contribution is 2.37. The van der Waals surface area contributed by atoms with Gasteiger partial charge in [0.25, 0.3) is 0 Å². The summed E-state index contributed by atoms with van der Waals surface area (Å²) in [5, 5.41) is 13.9. The van der Waals surface area contributed by atoms with Gasteiger partial charge in [0.2, 0.25) is 12.0 Å². The van der Waals surface area contributed by atoms with Crippen LogP contribution in [0.15, 0.2) is 30.7 Å². The van der Waals surface area contributed by atoms with Gasteiger partial charge in [-0.2, -0.15) is 31.4 Å². The summed E-state index contributed by atoms with van der Waals surface area (Å²) in [6.07, 6.45) is -3.61. The van der Waals surface area contributed by atoms with E-state index in [0.29, 0.717) is 9.41 Å². The van der Waals surface area contributed by atoms with E-state index in [4.69, 9.17) is 4.74 Å². The highest BCUT2D eigenvalue weighted by Gasteiger charge is 2.57. The summed E-state index contributed by atoms with van der Waals surface area (Å²) in [5.41, 5.74) is -1.63. The van der Waals surface area contributed by atoms with Crippen molar-refractivity contribution >= 4 is 22.7 Å². The Labute approximate surface area is 188 Å². The molecule has 14 heteroatoms. The number of alkyl halides is 5. The third kappa shape index (κ3) is 4.99. The Hall–Kier alpha value is -3.58. The predicted octanol–water partition coefficient (Wildman–Crippen LogP) is 4.33. The summed E-state index contributed by atoms with van der Waals surface area (Å²) in [5.74, 6) is -6.03. The number of nitrogens with zero attached hydrogens (tertiary/aromatic N) is 5. The molecule has 0 aliphatic carbocycles. The second-order valence-corrected chi connectivity index (χ2v) is 8.41. The van der Waals surface area contributed by atoms with E-state index >= 15 is 0 Å². The molecule has 1 N–H and O–H groups in total. The molecule has 0 atom stereocenters. The topological polar surface area (TPSA) is 84.4 Å². The van der Waals surface area contributed by atoms with Crippen molar-refractivity contribution in [2.24, 2.45) is 0 Å². The Morgan fingerprint density at radius 3 is 2.38 bits per heavy atom. The second-order valence-electron chi connectivity index (χ2n) is 8.41. The van der Waals surface area contributed by atoms with Gasteiger partial charge in [-0.1, -0.05) is 0 Å². The van der Waals surface area contributed by atoms with Crippen LogP contribution in [0.5, 0.6) is 0 Å². The molecule has 0 saturated carbocycles. The van der Waals surface area contributed by atoms with E-state index < -0.39 is 41.8 Å². The van der Waals surface area contributed by atoms with E-state index in [2.05, 4.69) is 10.1 Å². The highest BCUT2D eigenvalue weighted by atomic mass is 19.4. The zero-order valence-corrected chi connectivity index (χ0v) is 18.4. The number of aromatic nitrogens is 4. The molecule has 184 valence electrons. The summed E-state index contributed by atoms with van der Waals surface area (Å²) < 4.78 is 85.2. The zero-order chi connectivity index (χ0) is 25.6. The van der Waals surface area contributed by atoms with Crippen LogP contribution in [-0.2, 0) is 11.3 Å². The molecule has 8 nitrogen and oxygen atoms in total. The minimum absolute atomic E-state index is 0.0544. The summed E-state index contributed by atoms with van der Waals surface area (Å²) >= 11 is 0. The number of fused-ring (bicyclic) bond motifs is 1. The Morgan fingerprint density at radius 2 is 1.82 bits per heavy atom. The van der Waals surface area contributed by atoms with Gasteiger partial charge in [-0.3, -0.25) is 14.8 Å². The molecule has 3 heterocycles. The van der Waals surface area contributed by atoms with Crippen molar-refractivity contribution < 1.29 is 45.8 Å². The van der Waals surface area contributed by atoms with Crippen molar-refractivity contribution in [3.63, 3.8) is 0 Å². The van der Waals surface area contributed by atoms with Gasteiger partial charge in [0, 0.05) is 23.2 Å². The number of hydrogen-bond donors (Lipinski definition) is 1. The van der Waals surface area contributed by atoms with Crippen molar-refractivity contribution in [1.82, 2.24) is 14.8 Å². The van der Waals surface area contributed by atoms with E-state index in [-0.39, 0.29) is 22.3 Å². The molecule has 3 rings (SSSR count). The SMILES string of the molecule is CN(C(=O)OC(C)(C)C)c1cc(F)c(-c2cc3cnn(CC(F)(F)C(F)(F)F)c3cn2)[n+](O)c1. The first kappa shape index (κ1) is 25.1. The second kappa shape index (κ2) is 8.33. The fourth-order valence-electron chi connectivity index (χ4n) is 2.90. The molecule has 0 aliphatic rings. The van der Waals surface area contributed by atoms with Crippen molar-refractivity contribution in [3.8, 4) is 11.4 Å². The highest BCUT2D eigenvalue weighted by molar-refractivity contribution is 5.87. The number of carbonyl (C=O) groups excluding carboxylic acids is 1. The fourth-order valence-corrected chi connectivity index (χ4v) is 2.90. The minimum Gasteiger partial charge on any atom is -0.443 e. The van der Waals surface area contributed by atoms with E-state index in [9.17, 15) is 36.3 Å². The summed E-state index contributed by atoms with van der Waals surface area (Å²) in [6.45, 7) is 3.16. The third-order valence-corrected chi connectivity index (χ3v) is 4.57. The van der Waals surface area contributed by atoms with Crippen LogP contribution in [0.2, 0.25) is 0 Å². The lowest BCUT2D eigenvalue weighted by molar-refractivity contribution is -0.896. The number of pyridine rings is 2. The lowest BCUT2D eigenvalue weighted by Gasteiger charge is -2.23. The number of carbonyl (C=O) groups is 1. The van der Waals surface area contributed by atoms with Crippen LogP contribution >= 0.6 is 0 Å². The number of rotatable bonds is 4. The van der Waals surface area contributed by atoms with E-state index in [0.717, 1.165) is 35.6 Å². The average molecular weight is 492 g/mol. The molecule has 0 saturated heterocycles. The minimum atomic E-state index is -5.77. The van der Waals surface area contributed by atoms with Gasteiger partial charge in [-0.05, 0) is 26.8 Å². The molecule has 1 amide bonds. The Kier molecular flexibility index (Phi) is 6.14. The number of halogens is 6. The normalized spacial score (nSPS) is 12.8. The molecular formula is C20H20F6N5O3+. The van der Waals surface area contributed by atoms with Crippen LogP contribution in [0, 0.1) is 5.82 Å². The van der Waals surface area contributed by atoms with Crippen molar-refractivity contribution in [3.05, 3.63) is 36.5 Å². The maximum atomic E-state index is 14.9. The lowest BCUT2D eigenvalue weighted by atomic mass is 10.2. The van der Waals surface area contributed by atoms with Gasteiger partial charge in [0.05, 0.1) is 17.9 Å². The molecular weight excluding hydrogens is 472 g/mol. The molecule has 34 heavy (non-hydrogen) atoms. The monoisotopic (exact) mass is 492 g/mol. The molecule has 0 spiro atoms. The molecule has 0 radical (unpaired) electrons. The van der Waals surface area contributed by atoms with Crippen LogP contribution in [-0.4, -0.2) is 50.8 Å². The summed E-state index contributed by atoms with van der Waals surface area (Å²) in [6, 6.07) is 2.10. The first-order valence-corrected chi connectivity index (χ1v) is 9.68. The molecule has 3 aromatic heterocycles. The summed E-state index contributed by atoms with van der Waals surface area (Å²) in [4.78, 5) is 17.0. The smallest absolute Gasteiger partial charge is 0.443 e. The maximum Gasteiger partial charge on any atom is 0.455 e. The summed E-state index contributed by atoms with van der Waals surface area (Å²) in [7, 11) is 1.30. The fraction of sp³-hybridized carbons (Fsp3) is 0.400. The van der Waals surface area contributed by atoms with Crippen molar-refractivity contribution in [2.75, 3.05) is 11.9 Å². The number of hydrogen-bond acceptors (Lipinski definition) is 5. The van der Waals surface area contributed by atoms with Gasteiger partial charge in [0.1, 0.15) is 23.5 Å². The van der Waals surface area contributed by atoms with Gasteiger partial charge < -0.3 is 4.74 Å². The van der Waals surface area contributed by atoms with Crippen LogP contribution in [0.25, 0.3) is 22.3 Å². The zero-order valence-electron chi connectivity index (χ0n) is 18.4. The Bertz CT molecular complexity index is 1210. The van der Waals surface area contributed by atoms with Crippen molar-refractivity contribution in [2.45, 2.75) is 45.0 Å². The van der Waals surface area contributed by atoms with E-state index in [1.165, 1.54) is 7.05 Å². The number of anilines is 1. The molecule has 0 aliphatic heterocycles. The van der Waals surface area contributed by atoms with Crippen molar-refractivity contribution in [1.29, 1.82) is 0 Å². The molecule has 0 fully saturated rings. The third-order valence-electron chi connectivity index (χ3n) is 4.57. The Morgan fingerprint density at radius 1 is 1.18 bits per heavy atom. The van der Waals surface area contributed by atoms with Gasteiger partial charge in [-0.25, -0.2) is 9.78 Å². The van der Waals surface area contributed by atoms with Crippen LogP contribution < -0.4 is 9.63 Å². The van der Waals surface area contributed by atoms with Crippen LogP contribution in [0.1, 0.15) is 20.8 Å². The van der Waals surface area contributed by atoms with Crippen LogP contribution in [0.3, 0.4) is 0 Å². The number of amides is 1. The lowest BCUT2D eigenvalue weighted by Crippen LogP contribution is -2.40. The van der Waals surface area contributed by atoms with E-state index in [1.807, 2.05) is 0 Å². The van der Waals surface area contributed by atoms with E-state index in [1.54, 1.807) is 20.8 Å². The van der Waals surface area contributed by atoms with Gasteiger partial charge in [-0.15, -0.1) is 0 Å². The standard InChI is InChI=1S/C20H20F6N5O3/c1-18(2,3)34-17(32)29(4)12-6-13(21)16(31(33)9-12)14-5-11-7-28-30(15(11)8-27-14)10-19(22,23)20(24,25)26/h5-9,33H,10H2,1-4H3/q+1. The first-order valence-electron chi connectivity index (χ1n) is 9.68. The number of ether oxygens (including phenoxy) is 1. The molecule has 0 unspecified atom stereocenters.